The monoisotopic (exact) mass is 437 g/mol. The molecule has 0 saturated heterocycles. The molecule has 1 aliphatic heterocycles. The molecule has 1 aromatic heterocycles. The Balaban J connectivity index is 1.57. The largest absolute Gasteiger partial charge is 0.454 e. The minimum Gasteiger partial charge on any atom is -0.454 e. The highest BCUT2D eigenvalue weighted by Crippen LogP contribution is 2.32. The Labute approximate surface area is 179 Å². The molecule has 32 heavy (non-hydrogen) atoms. The van der Waals surface area contributed by atoms with Gasteiger partial charge in [0.25, 0.3) is 17.5 Å². The second-order valence-corrected chi connectivity index (χ2v) is 6.63. The van der Waals surface area contributed by atoms with Crippen molar-refractivity contribution in [3.8, 4) is 17.2 Å². The number of amides is 2. The Kier molecular flexibility index (Phi) is 5.25. The molecule has 2 amide bonds. The Hall–Kier alpha value is -4.74. The number of aromatic nitrogens is 2. The Morgan fingerprint density at radius 2 is 1.78 bits per heavy atom. The lowest BCUT2D eigenvalue weighted by Gasteiger charge is -2.12. The lowest BCUT2D eigenvalue weighted by Crippen LogP contribution is -2.44. The zero-order valence-corrected chi connectivity index (χ0v) is 16.5. The number of carbonyl (C=O) groups is 2. The molecule has 0 unspecified atom stereocenters. The van der Waals surface area contributed by atoms with Crippen LogP contribution in [0.15, 0.2) is 53.3 Å². The number of hydrogen-bond acceptors (Lipinski definition) is 8. The number of rotatable bonds is 4. The minimum absolute atomic E-state index is 0.0437. The van der Waals surface area contributed by atoms with Crippen LogP contribution in [0.5, 0.6) is 11.5 Å². The van der Waals surface area contributed by atoms with Gasteiger partial charge in [-0.3, -0.25) is 35.3 Å². The first-order valence-electron chi connectivity index (χ1n) is 9.20. The zero-order chi connectivity index (χ0) is 22.8. The summed E-state index contributed by atoms with van der Waals surface area (Å²) >= 11 is 0. The van der Waals surface area contributed by atoms with Crippen LogP contribution in [0.1, 0.15) is 26.5 Å². The maximum atomic E-state index is 12.5. The zero-order valence-electron chi connectivity index (χ0n) is 16.5. The quantitative estimate of drug-likeness (QED) is 0.456. The minimum atomic E-state index is -0.989. The maximum Gasteiger partial charge on any atom is 0.294 e. The standard InChI is InChI=1S/C20H15N5O7/c1-11-8-15(26)18(23-24(11)13-4-2-3-5-14(13)25(29)30)20(28)22-21-19(27)12-6-7-16-17(9-12)32-10-31-16/h2-9H,10H2,1H3,(H,21,27)(H,22,28). The van der Waals surface area contributed by atoms with Crippen molar-refractivity contribution < 1.29 is 24.0 Å². The fourth-order valence-electron chi connectivity index (χ4n) is 3.03. The van der Waals surface area contributed by atoms with Gasteiger partial charge in [-0.05, 0) is 31.2 Å². The molecule has 0 bridgehead atoms. The molecule has 2 aromatic carbocycles. The van der Waals surface area contributed by atoms with Gasteiger partial charge in [0, 0.05) is 23.4 Å². The van der Waals surface area contributed by atoms with E-state index in [9.17, 15) is 24.5 Å². The number of nitro groups is 1. The fraction of sp³-hybridized carbons (Fsp3) is 0.100. The predicted molar refractivity (Wildman–Crippen MR) is 109 cm³/mol. The van der Waals surface area contributed by atoms with Crippen molar-refractivity contribution in [3.05, 3.63) is 85.8 Å². The molecular formula is C20H15N5O7. The lowest BCUT2D eigenvalue weighted by atomic mass is 10.2. The van der Waals surface area contributed by atoms with Crippen LogP contribution in [0.4, 0.5) is 5.69 Å². The van der Waals surface area contributed by atoms with Gasteiger partial charge < -0.3 is 9.47 Å². The van der Waals surface area contributed by atoms with Crippen LogP contribution >= 0.6 is 0 Å². The van der Waals surface area contributed by atoms with Crippen LogP contribution in [-0.4, -0.2) is 33.3 Å². The van der Waals surface area contributed by atoms with Crippen molar-refractivity contribution in [2.75, 3.05) is 6.79 Å². The Bertz CT molecular complexity index is 1320. The summed E-state index contributed by atoms with van der Waals surface area (Å²) in [6.07, 6.45) is 0. The van der Waals surface area contributed by atoms with Crippen molar-refractivity contribution in [2.45, 2.75) is 6.92 Å². The maximum absolute atomic E-state index is 12.5. The molecule has 2 heterocycles. The molecule has 4 rings (SSSR count). The predicted octanol–water partition coefficient (Wildman–Crippen LogP) is 1.25. The second kappa shape index (κ2) is 8.18. The van der Waals surface area contributed by atoms with E-state index in [1.165, 1.54) is 37.3 Å². The number of benzene rings is 2. The third-order valence-corrected chi connectivity index (χ3v) is 4.55. The van der Waals surface area contributed by atoms with Gasteiger partial charge in [0.2, 0.25) is 12.2 Å². The summed E-state index contributed by atoms with van der Waals surface area (Å²) in [4.78, 5) is 47.9. The van der Waals surface area contributed by atoms with E-state index < -0.39 is 27.9 Å². The van der Waals surface area contributed by atoms with Crippen molar-refractivity contribution >= 4 is 17.5 Å². The van der Waals surface area contributed by atoms with Crippen LogP contribution in [0.2, 0.25) is 0 Å². The van der Waals surface area contributed by atoms with E-state index in [0.717, 1.165) is 10.7 Å². The van der Waals surface area contributed by atoms with E-state index in [-0.39, 0.29) is 29.4 Å². The fourth-order valence-corrected chi connectivity index (χ4v) is 3.03. The molecule has 0 aliphatic carbocycles. The van der Waals surface area contributed by atoms with E-state index in [2.05, 4.69) is 16.0 Å². The average molecular weight is 437 g/mol. The van der Waals surface area contributed by atoms with Crippen LogP contribution < -0.4 is 25.8 Å². The number of nitrogens with zero attached hydrogens (tertiary/aromatic N) is 3. The van der Waals surface area contributed by atoms with Gasteiger partial charge in [-0.2, -0.15) is 5.10 Å². The molecule has 0 fully saturated rings. The van der Waals surface area contributed by atoms with E-state index in [1.54, 1.807) is 12.1 Å². The van der Waals surface area contributed by atoms with Gasteiger partial charge in [-0.15, -0.1) is 0 Å². The number of carbonyl (C=O) groups excluding carboxylic acids is 2. The topological polar surface area (TPSA) is 155 Å². The summed E-state index contributed by atoms with van der Waals surface area (Å²) in [5.74, 6) is -0.777. The first-order valence-corrected chi connectivity index (χ1v) is 9.20. The van der Waals surface area contributed by atoms with Gasteiger partial charge in [-0.25, -0.2) is 4.68 Å². The average Bonchev–Trinajstić information content (AvgIpc) is 3.25. The van der Waals surface area contributed by atoms with E-state index in [1.807, 2.05) is 0 Å². The summed E-state index contributed by atoms with van der Waals surface area (Å²) < 4.78 is 11.5. The van der Waals surface area contributed by atoms with Crippen molar-refractivity contribution in [1.29, 1.82) is 0 Å². The summed E-state index contributed by atoms with van der Waals surface area (Å²) in [6, 6.07) is 11.3. The number of ether oxygens (including phenoxy) is 2. The molecule has 162 valence electrons. The Morgan fingerprint density at radius 3 is 2.56 bits per heavy atom. The molecule has 0 saturated carbocycles. The van der Waals surface area contributed by atoms with Crippen molar-refractivity contribution in [2.24, 2.45) is 0 Å². The number of nitro benzene ring substituents is 1. The van der Waals surface area contributed by atoms with Crippen molar-refractivity contribution in [3.63, 3.8) is 0 Å². The summed E-state index contributed by atoms with van der Waals surface area (Å²) in [6.45, 7) is 1.57. The number of hydrogen-bond donors (Lipinski definition) is 2. The van der Waals surface area contributed by atoms with Gasteiger partial charge in [0.1, 0.15) is 5.69 Å². The summed E-state index contributed by atoms with van der Waals surface area (Å²) in [5, 5.41) is 15.3. The first-order chi connectivity index (χ1) is 15.3. The van der Waals surface area contributed by atoms with Crippen LogP contribution in [0.3, 0.4) is 0 Å². The van der Waals surface area contributed by atoms with Crippen LogP contribution in [0, 0.1) is 17.0 Å². The van der Waals surface area contributed by atoms with E-state index in [4.69, 9.17) is 9.47 Å². The lowest BCUT2D eigenvalue weighted by molar-refractivity contribution is -0.384. The normalized spacial score (nSPS) is 11.7. The van der Waals surface area contributed by atoms with Gasteiger partial charge in [0.15, 0.2) is 17.2 Å². The highest BCUT2D eigenvalue weighted by Gasteiger charge is 2.21. The van der Waals surface area contributed by atoms with Gasteiger partial charge in [0.05, 0.1) is 4.92 Å². The number of nitrogens with one attached hydrogen (secondary N) is 2. The molecule has 12 heteroatoms. The van der Waals surface area contributed by atoms with E-state index in [0.29, 0.717) is 11.5 Å². The Morgan fingerprint density at radius 1 is 1.06 bits per heavy atom. The molecule has 0 spiro atoms. The molecular weight excluding hydrogens is 422 g/mol. The van der Waals surface area contributed by atoms with E-state index >= 15 is 0 Å². The van der Waals surface area contributed by atoms with Crippen LogP contribution in [-0.2, 0) is 0 Å². The number of hydrazine groups is 1. The smallest absolute Gasteiger partial charge is 0.294 e. The third kappa shape index (κ3) is 3.84. The molecule has 12 nitrogen and oxygen atoms in total. The van der Waals surface area contributed by atoms with Gasteiger partial charge in [-0.1, -0.05) is 12.1 Å². The number of fused-ring (bicyclic) bond motifs is 1. The summed E-state index contributed by atoms with van der Waals surface area (Å²) in [5.41, 5.74) is 3.33. The van der Waals surface area contributed by atoms with Gasteiger partial charge >= 0.3 is 0 Å². The highest BCUT2D eigenvalue weighted by molar-refractivity contribution is 5.98. The molecule has 1 aliphatic rings. The highest BCUT2D eigenvalue weighted by atomic mass is 16.7. The molecule has 3 aromatic rings. The SMILES string of the molecule is Cc1cc(=O)c(C(=O)NNC(=O)c2ccc3c(c2)OCO3)nn1-c1ccccc1[N+](=O)[O-]. The third-order valence-electron chi connectivity index (χ3n) is 4.55. The molecule has 0 radical (unpaired) electrons. The second-order valence-electron chi connectivity index (χ2n) is 6.63. The molecule has 0 atom stereocenters. The number of para-hydroxylation sites is 2. The van der Waals surface area contributed by atoms with Crippen LogP contribution in [0.25, 0.3) is 5.69 Å². The van der Waals surface area contributed by atoms with Crippen molar-refractivity contribution in [1.82, 2.24) is 20.6 Å². The summed E-state index contributed by atoms with van der Waals surface area (Å²) in [7, 11) is 0. The first kappa shape index (κ1) is 20.5. The number of aryl methyl sites for hydroxylation is 1. The molecule has 2 N–H and O–H groups in total.